The van der Waals surface area contributed by atoms with Gasteiger partial charge in [-0.1, -0.05) is 79.8 Å². The van der Waals surface area contributed by atoms with E-state index in [0.29, 0.717) is 5.92 Å². The number of hydrogen-bond acceptors (Lipinski definition) is 1. The van der Waals surface area contributed by atoms with Crippen LogP contribution in [0.15, 0.2) is 53.7 Å². The van der Waals surface area contributed by atoms with Crippen molar-refractivity contribution in [2.24, 2.45) is 0 Å². The van der Waals surface area contributed by atoms with E-state index in [1.807, 2.05) is 0 Å². The second kappa shape index (κ2) is 5.80. The molecule has 2 heteroatoms. The van der Waals surface area contributed by atoms with E-state index >= 15 is 0 Å². The van der Waals surface area contributed by atoms with E-state index in [4.69, 9.17) is 0 Å². The number of allylic oxidation sites excluding steroid dienone is 1. The van der Waals surface area contributed by atoms with Crippen molar-refractivity contribution < 1.29 is 0 Å². The maximum Gasteiger partial charge on any atom is 0.148 e. The van der Waals surface area contributed by atoms with E-state index in [1.165, 1.54) is 32.7 Å². The van der Waals surface area contributed by atoms with Crippen LogP contribution in [0.2, 0.25) is 13.1 Å². The van der Waals surface area contributed by atoms with Gasteiger partial charge in [0.25, 0.3) is 0 Å². The predicted molar refractivity (Wildman–Crippen MR) is 118 cm³/mol. The van der Waals surface area contributed by atoms with E-state index in [0.717, 1.165) is 0 Å². The van der Waals surface area contributed by atoms with Gasteiger partial charge >= 0.3 is 0 Å². The van der Waals surface area contributed by atoms with Crippen molar-refractivity contribution in [2.45, 2.75) is 52.2 Å². The second-order valence-electron chi connectivity index (χ2n) is 9.24. The lowest BCUT2D eigenvalue weighted by Crippen LogP contribution is -2.56. The van der Waals surface area contributed by atoms with Crippen molar-refractivity contribution in [3.63, 3.8) is 0 Å². The number of hydrogen-bond donors (Lipinski definition) is 1. The Morgan fingerprint density at radius 1 is 0.808 bits per heavy atom. The molecule has 0 radical (unpaired) electrons. The quantitative estimate of drug-likeness (QED) is 0.400. The van der Waals surface area contributed by atoms with Crippen molar-refractivity contribution in [1.82, 2.24) is 4.98 Å². The van der Waals surface area contributed by atoms with Crippen molar-refractivity contribution in [1.29, 1.82) is 0 Å². The molecule has 1 unspecified atom stereocenters. The molecule has 1 N–H and O–H groups in total. The molecule has 1 aliphatic carbocycles. The molecule has 1 nitrogen and oxygen atoms in total. The Balaban J connectivity index is 1.99. The van der Waals surface area contributed by atoms with Gasteiger partial charge < -0.3 is 4.98 Å². The molecule has 0 saturated carbocycles. The number of benzene rings is 3. The summed E-state index contributed by atoms with van der Waals surface area (Å²) in [5.74, 6) is 0.469. The van der Waals surface area contributed by atoms with E-state index in [1.54, 1.807) is 5.20 Å². The molecule has 0 fully saturated rings. The summed E-state index contributed by atoms with van der Waals surface area (Å²) in [4.78, 5) is 3.97. The molecule has 0 amide bonds. The maximum atomic E-state index is 3.97. The molecular formula is C24H29NSi. The third-order valence-corrected chi connectivity index (χ3v) is 9.02. The van der Waals surface area contributed by atoms with Gasteiger partial charge in [-0.2, -0.15) is 0 Å². The molecule has 0 aromatic heterocycles. The first-order valence-electron chi connectivity index (χ1n) is 9.64. The SMILES string of the molecule is CC1C([Si](C)(C)NC(C)(C)C)=Cc2c1c1ccccc1c1ccccc21. The lowest BCUT2D eigenvalue weighted by Gasteiger charge is -2.36. The highest BCUT2D eigenvalue weighted by molar-refractivity contribution is 6.83. The topological polar surface area (TPSA) is 12.0 Å². The third-order valence-electron chi connectivity index (χ3n) is 5.62. The minimum absolute atomic E-state index is 0.134. The Kier molecular flexibility index (Phi) is 3.91. The van der Waals surface area contributed by atoms with Gasteiger partial charge in [0.2, 0.25) is 0 Å². The Bertz CT molecular complexity index is 1040. The molecule has 0 bridgehead atoms. The highest BCUT2D eigenvalue weighted by Gasteiger charge is 2.38. The van der Waals surface area contributed by atoms with Crippen molar-refractivity contribution in [3.8, 4) is 0 Å². The van der Waals surface area contributed by atoms with Crippen LogP contribution < -0.4 is 4.98 Å². The van der Waals surface area contributed by atoms with Gasteiger partial charge in [0.1, 0.15) is 8.24 Å². The normalized spacial score (nSPS) is 17.6. The molecule has 0 saturated heterocycles. The summed E-state index contributed by atoms with van der Waals surface area (Å²) in [7, 11) is -1.73. The van der Waals surface area contributed by atoms with Crippen LogP contribution in [0.4, 0.5) is 0 Å². The Morgan fingerprint density at radius 3 is 1.88 bits per heavy atom. The summed E-state index contributed by atoms with van der Waals surface area (Å²) in [5.41, 5.74) is 3.10. The Hall–Kier alpha value is -1.90. The molecule has 134 valence electrons. The maximum absolute atomic E-state index is 3.97. The van der Waals surface area contributed by atoms with Crippen LogP contribution in [-0.4, -0.2) is 13.8 Å². The monoisotopic (exact) mass is 359 g/mol. The Labute approximate surface area is 158 Å². The predicted octanol–water partition coefficient (Wildman–Crippen LogP) is 6.63. The van der Waals surface area contributed by atoms with Crippen LogP contribution >= 0.6 is 0 Å². The van der Waals surface area contributed by atoms with E-state index in [-0.39, 0.29) is 5.54 Å². The first kappa shape index (κ1) is 17.5. The number of nitrogens with one attached hydrogen (secondary N) is 1. The van der Waals surface area contributed by atoms with Crippen LogP contribution in [0.25, 0.3) is 27.6 Å². The van der Waals surface area contributed by atoms with Crippen molar-refractivity contribution in [3.05, 3.63) is 64.9 Å². The number of fused-ring (bicyclic) bond motifs is 6. The molecule has 1 atom stereocenters. The minimum Gasteiger partial charge on any atom is -0.329 e. The average Bonchev–Trinajstić information content (AvgIpc) is 2.92. The minimum atomic E-state index is -1.73. The molecule has 0 heterocycles. The molecule has 3 aromatic rings. The fourth-order valence-electron chi connectivity index (χ4n) is 4.99. The van der Waals surface area contributed by atoms with Crippen molar-refractivity contribution >= 4 is 35.9 Å². The van der Waals surface area contributed by atoms with Crippen LogP contribution in [-0.2, 0) is 0 Å². The zero-order valence-corrected chi connectivity index (χ0v) is 17.8. The van der Waals surface area contributed by atoms with Gasteiger partial charge in [-0.3, -0.25) is 0 Å². The first-order chi connectivity index (χ1) is 12.2. The zero-order chi connectivity index (χ0) is 18.7. The van der Waals surface area contributed by atoms with Gasteiger partial charge in [0.15, 0.2) is 0 Å². The molecule has 26 heavy (non-hydrogen) atoms. The molecule has 1 aliphatic rings. The summed E-state index contributed by atoms with van der Waals surface area (Å²) >= 11 is 0. The molecule has 3 aromatic carbocycles. The number of rotatable bonds is 2. The lowest BCUT2D eigenvalue weighted by molar-refractivity contribution is 0.513. The van der Waals surface area contributed by atoms with E-state index in [9.17, 15) is 0 Å². The van der Waals surface area contributed by atoms with Crippen molar-refractivity contribution in [2.75, 3.05) is 0 Å². The first-order valence-corrected chi connectivity index (χ1v) is 12.6. The standard InChI is InChI=1S/C24H29NSi/c1-16-22(26(5,6)25-24(2,3)4)15-21-19-13-8-7-11-17(19)18-12-9-10-14-20(18)23(16)21/h7-16,25H,1-6H3. The molecule has 0 aliphatic heterocycles. The van der Waals surface area contributed by atoms with Crippen LogP contribution in [0.5, 0.6) is 0 Å². The highest BCUT2D eigenvalue weighted by atomic mass is 28.3. The van der Waals surface area contributed by atoms with Gasteiger partial charge in [-0.25, -0.2) is 0 Å². The fraction of sp³-hybridized carbons (Fsp3) is 0.333. The van der Waals surface area contributed by atoms with Gasteiger partial charge in [0.05, 0.1) is 0 Å². The summed E-state index contributed by atoms with van der Waals surface area (Å²) < 4.78 is 0. The van der Waals surface area contributed by atoms with Crippen LogP contribution in [0.3, 0.4) is 0 Å². The third kappa shape index (κ3) is 2.72. The smallest absolute Gasteiger partial charge is 0.148 e. The van der Waals surface area contributed by atoms with Gasteiger partial charge in [-0.05, 0) is 53.4 Å². The average molecular weight is 360 g/mol. The zero-order valence-electron chi connectivity index (χ0n) is 16.8. The summed E-state index contributed by atoms with van der Waals surface area (Å²) in [6.07, 6.45) is 2.51. The van der Waals surface area contributed by atoms with Gasteiger partial charge in [-0.15, -0.1) is 0 Å². The highest BCUT2D eigenvalue weighted by Crippen LogP contribution is 2.47. The molecule has 4 rings (SSSR count). The largest absolute Gasteiger partial charge is 0.329 e. The summed E-state index contributed by atoms with van der Waals surface area (Å²) in [5, 5.41) is 7.18. The fourth-order valence-corrected chi connectivity index (χ4v) is 8.74. The lowest BCUT2D eigenvalue weighted by atomic mass is 9.90. The van der Waals surface area contributed by atoms with Crippen LogP contribution in [0, 0.1) is 0 Å². The van der Waals surface area contributed by atoms with E-state index in [2.05, 4.69) is 100 Å². The second-order valence-corrected chi connectivity index (χ2v) is 13.3. The summed E-state index contributed by atoms with van der Waals surface area (Å²) in [6.45, 7) is 14.1. The van der Waals surface area contributed by atoms with Crippen LogP contribution in [0.1, 0.15) is 44.7 Å². The van der Waals surface area contributed by atoms with Gasteiger partial charge in [0, 0.05) is 11.5 Å². The molecular weight excluding hydrogens is 330 g/mol. The Morgan fingerprint density at radius 2 is 1.31 bits per heavy atom. The summed E-state index contributed by atoms with van der Waals surface area (Å²) in [6, 6.07) is 17.8. The van der Waals surface area contributed by atoms with E-state index < -0.39 is 8.24 Å². The molecule has 0 spiro atoms.